The Bertz CT molecular complexity index is 828. The van der Waals surface area contributed by atoms with Gasteiger partial charge < -0.3 is 19.0 Å². The Kier molecular flexibility index (Phi) is 5.31. The summed E-state index contributed by atoms with van der Waals surface area (Å²) in [5.74, 6) is 1.57. The van der Waals surface area contributed by atoms with E-state index in [2.05, 4.69) is 0 Å². The molecule has 144 valence electrons. The van der Waals surface area contributed by atoms with E-state index in [0.29, 0.717) is 26.3 Å². The minimum Gasteiger partial charge on any atom is -0.464 e. The van der Waals surface area contributed by atoms with Crippen molar-refractivity contribution in [2.75, 3.05) is 32.8 Å². The molecule has 0 unspecified atom stereocenters. The number of fused-ring (bicyclic) bond motifs is 1. The SMILES string of the molecule is CCc1ccc([C@@H]2COCCN2C(=O)CN2CCCc3sccc3C2=O)o1. The third-order valence-electron chi connectivity index (χ3n) is 5.23. The molecule has 27 heavy (non-hydrogen) atoms. The molecule has 0 aliphatic carbocycles. The Labute approximate surface area is 162 Å². The van der Waals surface area contributed by atoms with E-state index in [-0.39, 0.29) is 24.4 Å². The summed E-state index contributed by atoms with van der Waals surface area (Å²) in [6, 6.07) is 5.51. The second-order valence-electron chi connectivity index (χ2n) is 6.92. The van der Waals surface area contributed by atoms with Crippen molar-refractivity contribution in [2.45, 2.75) is 32.2 Å². The van der Waals surface area contributed by atoms with Crippen molar-refractivity contribution in [3.63, 3.8) is 0 Å². The number of furan rings is 1. The zero-order chi connectivity index (χ0) is 18.8. The molecule has 1 atom stereocenters. The Morgan fingerprint density at radius 1 is 1.30 bits per heavy atom. The summed E-state index contributed by atoms with van der Waals surface area (Å²) in [7, 11) is 0. The molecular formula is C20H24N2O4S. The number of carbonyl (C=O) groups excluding carboxylic acids is 2. The number of carbonyl (C=O) groups is 2. The van der Waals surface area contributed by atoms with Gasteiger partial charge in [0.15, 0.2) is 0 Å². The van der Waals surface area contributed by atoms with Crippen LogP contribution in [0, 0.1) is 0 Å². The van der Waals surface area contributed by atoms with Crippen molar-refractivity contribution in [1.29, 1.82) is 0 Å². The molecule has 4 rings (SSSR count). The second-order valence-corrected chi connectivity index (χ2v) is 7.92. The predicted octanol–water partition coefficient (Wildman–Crippen LogP) is 2.89. The average Bonchev–Trinajstić information content (AvgIpc) is 3.33. The number of nitrogens with zero attached hydrogens (tertiary/aromatic N) is 2. The van der Waals surface area contributed by atoms with Gasteiger partial charge in [-0.3, -0.25) is 9.59 Å². The van der Waals surface area contributed by atoms with Crippen molar-refractivity contribution < 1.29 is 18.7 Å². The Balaban J connectivity index is 1.50. The topological polar surface area (TPSA) is 63.0 Å². The highest BCUT2D eigenvalue weighted by Crippen LogP contribution is 2.28. The van der Waals surface area contributed by atoms with Gasteiger partial charge in [-0.15, -0.1) is 11.3 Å². The van der Waals surface area contributed by atoms with Crippen LogP contribution in [-0.2, 0) is 22.4 Å². The second kappa shape index (κ2) is 7.86. The van der Waals surface area contributed by atoms with Gasteiger partial charge in [0.1, 0.15) is 24.1 Å². The minimum absolute atomic E-state index is 0.0341. The van der Waals surface area contributed by atoms with Gasteiger partial charge in [-0.05, 0) is 36.4 Å². The van der Waals surface area contributed by atoms with Crippen LogP contribution in [0.3, 0.4) is 0 Å². The first-order valence-electron chi connectivity index (χ1n) is 9.49. The van der Waals surface area contributed by atoms with Crippen molar-refractivity contribution >= 4 is 23.2 Å². The van der Waals surface area contributed by atoms with E-state index >= 15 is 0 Å². The lowest BCUT2D eigenvalue weighted by Gasteiger charge is -2.35. The molecule has 1 fully saturated rings. The number of thiophene rings is 1. The van der Waals surface area contributed by atoms with Crippen LogP contribution in [0.1, 0.15) is 46.1 Å². The van der Waals surface area contributed by atoms with Gasteiger partial charge in [-0.1, -0.05) is 6.92 Å². The van der Waals surface area contributed by atoms with E-state index in [1.165, 1.54) is 0 Å². The van der Waals surface area contributed by atoms with Gasteiger partial charge >= 0.3 is 0 Å². The molecule has 0 saturated carbocycles. The van der Waals surface area contributed by atoms with Gasteiger partial charge in [0.25, 0.3) is 5.91 Å². The number of amides is 2. The third-order valence-corrected chi connectivity index (χ3v) is 6.21. The van der Waals surface area contributed by atoms with Crippen LogP contribution >= 0.6 is 11.3 Å². The molecule has 2 aromatic rings. The van der Waals surface area contributed by atoms with E-state index in [0.717, 1.165) is 41.2 Å². The van der Waals surface area contributed by atoms with Crippen molar-refractivity contribution in [3.05, 3.63) is 45.5 Å². The summed E-state index contributed by atoms with van der Waals surface area (Å²) in [6.45, 7) is 4.19. The highest BCUT2D eigenvalue weighted by Gasteiger charge is 2.33. The van der Waals surface area contributed by atoms with E-state index in [4.69, 9.17) is 9.15 Å². The first-order valence-corrected chi connectivity index (χ1v) is 10.4. The van der Waals surface area contributed by atoms with Gasteiger partial charge in [-0.25, -0.2) is 0 Å². The molecule has 0 aromatic carbocycles. The maximum Gasteiger partial charge on any atom is 0.255 e. The highest BCUT2D eigenvalue weighted by atomic mass is 32.1. The Morgan fingerprint density at radius 3 is 3.00 bits per heavy atom. The fraction of sp³-hybridized carbons (Fsp3) is 0.500. The maximum atomic E-state index is 13.1. The number of rotatable bonds is 4. The molecule has 7 heteroatoms. The summed E-state index contributed by atoms with van der Waals surface area (Å²) in [4.78, 5) is 30.5. The van der Waals surface area contributed by atoms with E-state index in [1.54, 1.807) is 21.1 Å². The van der Waals surface area contributed by atoms with Crippen LogP contribution in [0.2, 0.25) is 0 Å². The van der Waals surface area contributed by atoms with Crippen LogP contribution in [0.4, 0.5) is 0 Å². The average molecular weight is 388 g/mol. The molecular weight excluding hydrogens is 364 g/mol. The smallest absolute Gasteiger partial charge is 0.255 e. The molecule has 0 spiro atoms. The number of morpholine rings is 1. The summed E-state index contributed by atoms with van der Waals surface area (Å²) >= 11 is 1.62. The fourth-order valence-electron chi connectivity index (χ4n) is 3.73. The molecule has 2 aromatic heterocycles. The van der Waals surface area contributed by atoms with Crippen LogP contribution in [0.15, 0.2) is 28.0 Å². The lowest BCUT2D eigenvalue weighted by atomic mass is 10.1. The Hall–Kier alpha value is -2.12. The first kappa shape index (κ1) is 18.3. The van der Waals surface area contributed by atoms with E-state index < -0.39 is 0 Å². The lowest BCUT2D eigenvalue weighted by molar-refractivity contribution is -0.141. The molecule has 0 bridgehead atoms. The van der Waals surface area contributed by atoms with Crippen LogP contribution in [0.25, 0.3) is 0 Å². The maximum absolute atomic E-state index is 13.1. The minimum atomic E-state index is -0.231. The standard InChI is InChI=1S/C20H24N2O4S/c1-2-14-5-6-17(26-14)16-13-25-10-9-22(16)19(23)12-21-8-3-4-18-15(20(21)24)7-11-27-18/h5-7,11,16H,2-4,8-10,12-13H2,1H3/t16-/m0/s1. The lowest BCUT2D eigenvalue weighted by Crippen LogP contribution is -2.48. The molecule has 1 saturated heterocycles. The highest BCUT2D eigenvalue weighted by molar-refractivity contribution is 7.10. The third kappa shape index (κ3) is 3.66. The van der Waals surface area contributed by atoms with Crippen LogP contribution in [-0.4, -0.2) is 54.5 Å². The first-order chi connectivity index (χ1) is 13.2. The van der Waals surface area contributed by atoms with Gasteiger partial charge in [0.05, 0.1) is 18.8 Å². The Morgan fingerprint density at radius 2 is 2.19 bits per heavy atom. The molecule has 4 heterocycles. The molecule has 0 radical (unpaired) electrons. The van der Waals surface area contributed by atoms with E-state index in [9.17, 15) is 9.59 Å². The van der Waals surface area contributed by atoms with Gasteiger partial charge in [-0.2, -0.15) is 0 Å². The van der Waals surface area contributed by atoms with E-state index in [1.807, 2.05) is 30.5 Å². The molecule has 2 aliphatic rings. The van der Waals surface area contributed by atoms with Gasteiger partial charge in [0, 0.05) is 24.4 Å². The van der Waals surface area contributed by atoms with Crippen molar-refractivity contribution in [3.8, 4) is 0 Å². The molecule has 0 N–H and O–H groups in total. The van der Waals surface area contributed by atoms with Crippen molar-refractivity contribution in [2.24, 2.45) is 0 Å². The van der Waals surface area contributed by atoms with Crippen LogP contribution in [0.5, 0.6) is 0 Å². The summed E-state index contributed by atoms with van der Waals surface area (Å²) in [5, 5.41) is 1.95. The number of aryl methyl sites for hydroxylation is 2. The van der Waals surface area contributed by atoms with Gasteiger partial charge in [0.2, 0.25) is 5.91 Å². The molecule has 6 nitrogen and oxygen atoms in total. The quantitative estimate of drug-likeness (QED) is 0.808. The van der Waals surface area contributed by atoms with Crippen LogP contribution < -0.4 is 0 Å². The normalized spacial score (nSPS) is 20.5. The number of hydrogen-bond donors (Lipinski definition) is 0. The monoisotopic (exact) mass is 388 g/mol. The summed E-state index contributed by atoms with van der Waals surface area (Å²) in [5.41, 5.74) is 0.752. The fourth-order valence-corrected chi connectivity index (χ4v) is 4.65. The number of ether oxygens (including phenoxy) is 1. The number of hydrogen-bond acceptors (Lipinski definition) is 5. The summed E-state index contributed by atoms with van der Waals surface area (Å²) < 4.78 is 11.5. The summed E-state index contributed by atoms with van der Waals surface area (Å²) in [6.07, 6.45) is 2.60. The largest absolute Gasteiger partial charge is 0.464 e. The molecule has 2 amide bonds. The predicted molar refractivity (Wildman–Crippen MR) is 102 cm³/mol. The van der Waals surface area contributed by atoms with Crippen molar-refractivity contribution in [1.82, 2.24) is 9.80 Å². The zero-order valence-corrected chi connectivity index (χ0v) is 16.3. The molecule has 2 aliphatic heterocycles. The zero-order valence-electron chi connectivity index (χ0n) is 15.5.